The Morgan fingerprint density at radius 3 is 2.35 bits per heavy atom. The molecule has 0 N–H and O–H groups in total. The zero-order chi connectivity index (χ0) is 13.7. The molecule has 0 heterocycles. The van der Waals surface area contributed by atoms with Crippen LogP contribution in [0.3, 0.4) is 0 Å². The summed E-state index contributed by atoms with van der Waals surface area (Å²) in [5.41, 5.74) is 1.15. The second-order valence-corrected chi connectivity index (χ2v) is 5.22. The topological polar surface area (TPSA) is 0 Å². The fourth-order valence-corrected chi connectivity index (χ4v) is 3.13. The van der Waals surface area contributed by atoms with Crippen molar-refractivity contribution in [3.63, 3.8) is 0 Å². The zero-order valence-electron chi connectivity index (χ0n) is 11.2. The molecule has 4 aromatic rings. The lowest BCUT2D eigenvalue weighted by atomic mass is 9.93. The Morgan fingerprint density at radius 1 is 0.700 bits per heavy atom. The number of halogens is 1. The molecule has 0 aliphatic carbocycles. The monoisotopic (exact) mass is 260 g/mol. The predicted octanol–water partition coefficient (Wildman–Crippen LogP) is 5.59. The molecule has 4 aromatic carbocycles. The summed E-state index contributed by atoms with van der Waals surface area (Å²) < 4.78 is 14.0. The van der Waals surface area contributed by atoms with Crippen LogP contribution in [0.25, 0.3) is 32.3 Å². The average molecular weight is 260 g/mol. The highest BCUT2D eigenvalue weighted by Gasteiger charge is 2.09. The van der Waals surface area contributed by atoms with Crippen molar-refractivity contribution in [1.29, 1.82) is 0 Å². The fourth-order valence-electron chi connectivity index (χ4n) is 3.13. The number of aryl methyl sites for hydroxylation is 1. The van der Waals surface area contributed by atoms with Gasteiger partial charge in [0.05, 0.1) is 0 Å². The van der Waals surface area contributed by atoms with E-state index in [9.17, 15) is 4.39 Å². The first-order valence-electron chi connectivity index (χ1n) is 6.75. The molecule has 0 saturated heterocycles. The fraction of sp³-hybridized carbons (Fsp3) is 0.0526. The molecule has 0 nitrogen and oxygen atoms in total. The maximum atomic E-state index is 14.0. The molecule has 0 aliphatic rings. The Bertz CT molecular complexity index is 967. The van der Waals surface area contributed by atoms with E-state index in [2.05, 4.69) is 37.3 Å². The van der Waals surface area contributed by atoms with Crippen molar-refractivity contribution in [2.75, 3.05) is 0 Å². The number of hydrogen-bond acceptors (Lipinski definition) is 0. The average Bonchev–Trinajstić information content (AvgIpc) is 2.48. The van der Waals surface area contributed by atoms with Gasteiger partial charge >= 0.3 is 0 Å². The Balaban J connectivity index is 2.33. The summed E-state index contributed by atoms with van der Waals surface area (Å²) >= 11 is 0. The lowest BCUT2D eigenvalue weighted by Crippen LogP contribution is -1.87. The molecule has 0 amide bonds. The van der Waals surface area contributed by atoms with E-state index in [-0.39, 0.29) is 5.82 Å². The molecule has 0 spiro atoms. The molecular formula is C19H13F. The Morgan fingerprint density at radius 2 is 1.45 bits per heavy atom. The third-order valence-electron chi connectivity index (χ3n) is 4.09. The van der Waals surface area contributed by atoms with Crippen LogP contribution in [0.5, 0.6) is 0 Å². The molecule has 0 bridgehead atoms. The van der Waals surface area contributed by atoms with Gasteiger partial charge in [-0.05, 0) is 51.6 Å². The van der Waals surface area contributed by atoms with Gasteiger partial charge in [0.25, 0.3) is 0 Å². The van der Waals surface area contributed by atoms with E-state index in [0.717, 1.165) is 16.3 Å². The van der Waals surface area contributed by atoms with Crippen LogP contribution in [0.1, 0.15) is 5.56 Å². The van der Waals surface area contributed by atoms with Crippen molar-refractivity contribution < 1.29 is 4.39 Å². The first-order valence-corrected chi connectivity index (χ1v) is 6.75. The highest BCUT2D eigenvalue weighted by Crippen LogP contribution is 2.34. The summed E-state index contributed by atoms with van der Waals surface area (Å²) in [6.45, 7) is 2.08. The summed E-state index contributed by atoms with van der Waals surface area (Å²) in [6, 6.07) is 19.8. The molecule has 0 aliphatic heterocycles. The van der Waals surface area contributed by atoms with Crippen molar-refractivity contribution in [1.82, 2.24) is 0 Å². The van der Waals surface area contributed by atoms with Crippen LogP contribution in [0, 0.1) is 12.7 Å². The van der Waals surface area contributed by atoms with Crippen LogP contribution in [-0.2, 0) is 0 Å². The van der Waals surface area contributed by atoms with Gasteiger partial charge in [-0.25, -0.2) is 4.39 Å². The zero-order valence-corrected chi connectivity index (χ0v) is 11.2. The molecule has 0 unspecified atom stereocenters. The Labute approximate surface area is 116 Å². The largest absolute Gasteiger partial charge is 0.206 e. The van der Waals surface area contributed by atoms with Gasteiger partial charge in [-0.3, -0.25) is 0 Å². The van der Waals surface area contributed by atoms with Gasteiger partial charge in [0.15, 0.2) is 0 Å². The molecule has 96 valence electrons. The van der Waals surface area contributed by atoms with Crippen LogP contribution < -0.4 is 0 Å². The molecule has 0 saturated carbocycles. The maximum Gasteiger partial charge on any atom is 0.131 e. The van der Waals surface area contributed by atoms with Gasteiger partial charge in [0.2, 0.25) is 0 Å². The van der Waals surface area contributed by atoms with Crippen molar-refractivity contribution >= 4 is 32.3 Å². The van der Waals surface area contributed by atoms with Gasteiger partial charge in [-0.1, -0.05) is 48.5 Å². The number of benzene rings is 4. The van der Waals surface area contributed by atoms with Gasteiger partial charge in [-0.2, -0.15) is 0 Å². The molecule has 0 fully saturated rings. The number of fused-ring (bicyclic) bond motifs is 4. The van der Waals surface area contributed by atoms with E-state index in [1.54, 1.807) is 6.07 Å². The predicted molar refractivity (Wildman–Crippen MR) is 83.7 cm³/mol. The van der Waals surface area contributed by atoms with E-state index in [4.69, 9.17) is 0 Å². The van der Waals surface area contributed by atoms with Gasteiger partial charge in [0.1, 0.15) is 5.82 Å². The van der Waals surface area contributed by atoms with Crippen molar-refractivity contribution in [2.45, 2.75) is 6.92 Å². The van der Waals surface area contributed by atoms with Gasteiger partial charge in [-0.15, -0.1) is 0 Å². The first-order chi connectivity index (χ1) is 9.75. The van der Waals surface area contributed by atoms with E-state index in [0.29, 0.717) is 5.39 Å². The summed E-state index contributed by atoms with van der Waals surface area (Å²) in [5, 5.41) is 6.47. The number of hydrogen-bond donors (Lipinski definition) is 0. The summed E-state index contributed by atoms with van der Waals surface area (Å²) in [6.07, 6.45) is 0. The van der Waals surface area contributed by atoms with Gasteiger partial charge < -0.3 is 0 Å². The van der Waals surface area contributed by atoms with E-state index < -0.39 is 0 Å². The van der Waals surface area contributed by atoms with Crippen LogP contribution in [0.15, 0.2) is 60.7 Å². The normalized spacial score (nSPS) is 11.5. The summed E-state index contributed by atoms with van der Waals surface area (Å²) in [4.78, 5) is 0. The second kappa shape index (κ2) is 4.04. The molecule has 4 rings (SSSR count). The SMILES string of the molecule is Cc1c2cccc(F)c2cc2ccc3ccccc3c12. The minimum atomic E-state index is -0.152. The smallest absolute Gasteiger partial charge is 0.131 e. The minimum Gasteiger partial charge on any atom is -0.206 e. The summed E-state index contributed by atoms with van der Waals surface area (Å²) in [7, 11) is 0. The molecule has 0 radical (unpaired) electrons. The first kappa shape index (κ1) is 11.4. The highest BCUT2D eigenvalue weighted by molar-refractivity contribution is 6.14. The molecule has 0 aromatic heterocycles. The lowest BCUT2D eigenvalue weighted by Gasteiger charge is -2.11. The Hall–Kier alpha value is -2.41. The van der Waals surface area contributed by atoms with E-state index in [1.807, 2.05) is 18.2 Å². The lowest BCUT2D eigenvalue weighted by molar-refractivity contribution is 0.640. The summed E-state index contributed by atoms with van der Waals surface area (Å²) in [5.74, 6) is -0.152. The molecular weight excluding hydrogens is 247 g/mol. The maximum absolute atomic E-state index is 14.0. The standard InChI is InChI=1S/C19H13F/c1-12-15-7-4-8-18(20)17(15)11-14-10-9-13-5-2-3-6-16(13)19(12)14/h2-11H,1H3. The number of rotatable bonds is 0. The van der Waals surface area contributed by atoms with Crippen LogP contribution >= 0.6 is 0 Å². The molecule has 1 heteroatoms. The quantitative estimate of drug-likeness (QED) is 0.285. The van der Waals surface area contributed by atoms with Crippen molar-refractivity contribution in [3.05, 3.63) is 72.0 Å². The van der Waals surface area contributed by atoms with Crippen molar-refractivity contribution in [3.8, 4) is 0 Å². The van der Waals surface area contributed by atoms with Crippen molar-refractivity contribution in [2.24, 2.45) is 0 Å². The molecule has 0 atom stereocenters. The second-order valence-electron chi connectivity index (χ2n) is 5.22. The van der Waals surface area contributed by atoms with E-state index in [1.165, 1.54) is 22.2 Å². The van der Waals surface area contributed by atoms with E-state index >= 15 is 0 Å². The third-order valence-corrected chi connectivity index (χ3v) is 4.09. The third kappa shape index (κ3) is 1.47. The molecule has 20 heavy (non-hydrogen) atoms. The van der Waals surface area contributed by atoms with Crippen LogP contribution in [0.2, 0.25) is 0 Å². The minimum absolute atomic E-state index is 0.152. The highest BCUT2D eigenvalue weighted by atomic mass is 19.1. The van der Waals surface area contributed by atoms with Crippen LogP contribution in [-0.4, -0.2) is 0 Å². The Kier molecular flexibility index (Phi) is 2.31. The van der Waals surface area contributed by atoms with Gasteiger partial charge in [0, 0.05) is 5.39 Å². The van der Waals surface area contributed by atoms with Crippen LogP contribution in [0.4, 0.5) is 4.39 Å².